The normalized spacial score (nSPS) is 28.3. The first-order chi connectivity index (χ1) is 22.6. The highest BCUT2D eigenvalue weighted by molar-refractivity contribution is 6.58. The molecular weight excluding hydrogens is 595 g/mol. The third kappa shape index (κ3) is 4.04. The first-order valence-electron chi connectivity index (χ1n) is 15.8. The number of nitrogens with zero attached hydrogens (tertiary/aromatic N) is 2. The van der Waals surface area contributed by atoms with Crippen LogP contribution >= 0.6 is 0 Å². The maximum atomic E-state index is 14.7. The van der Waals surface area contributed by atoms with Gasteiger partial charge in [0.2, 0.25) is 23.6 Å². The fourth-order valence-corrected chi connectivity index (χ4v) is 8.82. The first kappa shape index (κ1) is 29.4. The smallest absolute Gasteiger partial charge is 0.488 e. The summed E-state index contributed by atoms with van der Waals surface area (Å²) in [5, 5.41) is 31.6. The SMILES string of the molecule is CC12C(=O)N(c3ccccc3)C(=O)C1CC1C(=CCC3C(=O)N(c4cccc(B(O)O)c4)C(=O)C31)C2c1ccc(O)c2ccccc12. The van der Waals surface area contributed by atoms with Crippen LogP contribution in [0, 0.1) is 29.1 Å². The van der Waals surface area contributed by atoms with Gasteiger partial charge in [0.1, 0.15) is 5.75 Å². The summed E-state index contributed by atoms with van der Waals surface area (Å²) in [7, 11) is -1.77. The first-order valence-corrected chi connectivity index (χ1v) is 15.8. The molecule has 9 nitrogen and oxygen atoms in total. The van der Waals surface area contributed by atoms with Gasteiger partial charge in [-0.05, 0) is 72.4 Å². The van der Waals surface area contributed by atoms with Crippen molar-refractivity contribution in [2.24, 2.45) is 29.1 Å². The molecule has 4 aliphatic rings. The molecule has 2 heterocycles. The van der Waals surface area contributed by atoms with Gasteiger partial charge < -0.3 is 15.2 Å². The minimum absolute atomic E-state index is 0.0956. The lowest BCUT2D eigenvalue weighted by Gasteiger charge is -2.49. The number of carbonyl (C=O) groups is 4. The zero-order valence-corrected chi connectivity index (χ0v) is 25.5. The van der Waals surface area contributed by atoms with E-state index in [1.165, 1.54) is 17.0 Å². The molecular formula is C37H31BN2O7. The molecule has 4 amide bonds. The van der Waals surface area contributed by atoms with Gasteiger partial charge in [0.15, 0.2) is 0 Å². The molecule has 3 N–H and O–H groups in total. The van der Waals surface area contributed by atoms with Crippen molar-refractivity contribution in [2.45, 2.75) is 25.7 Å². The van der Waals surface area contributed by atoms with Crippen LogP contribution < -0.4 is 15.3 Å². The predicted octanol–water partition coefficient (Wildman–Crippen LogP) is 3.66. The Balaban J connectivity index is 1.30. The van der Waals surface area contributed by atoms with E-state index in [4.69, 9.17) is 0 Å². The van der Waals surface area contributed by atoms with Crippen LogP contribution in [0.2, 0.25) is 0 Å². The highest BCUT2D eigenvalue weighted by atomic mass is 16.4. The van der Waals surface area contributed by atoms with Crippen LogP contribution in [0.25, 0.3) is 10.8 Å². The van der Waals surface area contributed by atoms with Crippen LogP contribution in [0.4, 0.5) is 11.4 Å². The molecule has 0 aromatic heterocycles. The van der Waals surface area contributed by atoms with Gasteiger partial charge in [0, 0.05) is 11.3 Å². The lowest BCUT2D eigenvalue weighted by atomic mass is 9.51. The molecule has 6 unspecified atom stereocenters. The van der Waals surface area contributed by atoms with Crippen LogP contribution in [0.1, 0.15) is 31.2 Å². The molecule has 4 aromatic rings. The van der Waals surface area contributed by atoms with E-state index in [0.29, 0.717) is 11.1 Å². The minimum Gasteiger partial charge on any atom is -0.507 e. The summed E-state index contributed by atoms with van der Waals surface area (Å²) in [5.41, 5.74) is 1.30. The van der Waals surface area contributed by atoms with Gasteiger partial charge >= 0.3 is 7.12 Å². The minimum atomic E-state index is -1.77. The lowest BCUT2D eigenvalue weighted by Crippen LogP contribution is -2.49. The molecule has 3 fully saturated rings. The molecule has 2 saturated heterocycles. The van der Waals surface area contributed by atoms with Crippen LogP contribution in [0.3, 0.4) is 0 Å². The van der Waals surface area contributed by atoms with Crippen molar-refractivity contribution in [3.63, 3.8) is 0 Å². The van der Waals surface area contributed by atoms with E-state index in [0.717, 1.165) is 21.4 Å². The zero-order chi connectivity index (χ0) is 32.8. The van der Waals surface area contributed by atoms with Crippen LogP contribution in [-0.4, -0.2) is 45.9 Å². The monoisotopic (exact) mass is 626 g/mol. The standard InChI is InChI=1S/C37H31BN2O7/c1-37-29(34(43)40(36(37)45)21-9-3-2-4-10-21)19-28-26(32(37)25-16-17-30(41)24-13-6-5-12-23(24)25)14-15-27-31(28)35(44)39(33(27)42)22-11-7-8-20(18-22)38(46)47/h2-14,16-18,27-29,31-32,41,46-47H,15,19H2,1H3. The summed E-state index contributed by atoms with van der Waals surface area (Å²) in [4.78, 5) is 59.7. The maximum Gasteiger partial charge on any atom is 0.488 e. The van der Waals surface area contributed by atoms with E-state index in [9.17, 15) is 34.3 Å². The molecule has 1 saturated carbocycles. The second kappa shape index (κ2) is 10.5. The molecule has 47 heavy (non-hydrogen) atoms. The highest BCUT2D eigenvalue weighted by Crippen LogP contribution is 2.64. The Morgan fingerprint density at radius 1 is 0.745 bits per heavy atom. The number of phenols is 1. The maximum absolute atomic E-state index is 14.7. The molecule has 6 atom stereocenters. The molecule has 234 valence electrons. The Morgan fingerprint density at radius 3 is 2.19 bits per heavy atom. The lowest BCUT2D eigenvalue weighted by molar-refractivity contribution is -0.131. The number of para-hydroxylation sites is 1. The fraction of sp³-hybridized carbons (Fsp3) is 0.243. The number of phenolic OH excluding ortho intramolecular Hbond substituents is 1. The van der Waals surface area contributed by atoms with Gasteiger partial charge in [-0.3, -0.25) is 24.1 Å². The van der Waals surface area contributed by atoms with Gasteiger partial charge in [0.05, 0.1) is 34.5 Å². The van der Waals surface area contributed by atoms with Gasteiger partial charge in [-0.1, -0.05) is 72.3 Å². The number of carbonyl (C=O) groups excluding carboxylic acids is 4. The summed E-state index contributed by atoms with van der Waals surface area (Å²) in [5.74, 6) is -4.69. The van der Waals surface area contributed by atoms with Crippen molar-refractivity contribution in [3.8, 4) is 5.75 Å². The van der Waals surface area contributed by atoms with Crippen molar-refractivity contribution >= 4 is 58.4 Å². The molecule has 2 aliphatic carbocycles. The van der Waals surface area contributed by atoms with E-state index < -0.39 is 48.0 Å². The topological polar surface area (TPSA) is 135 Å². The molecule has 4 aromatic carbocycles. The number of hydrogen-bond donors (Lipinski definition) is 3. The van der Waals surface area contributed by atoms with Crippen molar-refractivity contribution < 1.29 is 34.3 Å². The molecule has 0 spiro atoms. The number of imide groups is 2. The summed E-state index contributed by atoms with van der Waals surface area (Å²) in [6.07, 6.45) is 2.48. The number of allylic oxidation sites excluding steroid dienone is 2. The van der Waals surface area contributed by atoms with E-state index >= 15 is 0 Å². The highest BCUT2D eigenvalue weighted by Gasteiger charge is 2.67. The Hall–Kier alpha value is -5.06. The summed E-state index contributed by atoms with van der Waals surface area (Å²) < 4.78 is 0. The Morgan fingerprint density at radius 2 is 1.45 bits per heavy atom. The van der Waals surface area contributed by atoms with E-state index in [-0.39, 0.29) is 47.5 Å². The number of anilines is 2. The number of aromatic hydroxyl groups is 1. The van der Waals surface area contributed by atoms with Gasteiger partial charge in [0.25, 0.3) is 0 Å². The van der Waals surface area contributed by atoms with Crippen LogP contribution in [0.15, 0.2) is 103 Å². The fourth-order valence-electron chi connectivity index (χ4n) is 8.82. The van der Waals surface area contributed by atoms with Gasteiger partial charge in [-0.25, -0.2) is 4.90 Å². The zero-order valence-electron chi connectivity index (χ0n) is 25.5. The van der Waals surface area contributed by atoms with E-state index in [1.54, 1.807) is 42.5 Å². The Labute approximate surface area is 270 Å². The third-order valence-electron chi connectivity index (χ3n) is 11.0. The summed E-state index contributed by atoms with van der Waals surface area (Å²) in [6.45, 7) is 1.84. The molecule has 2 aliphatic heterocycles. The predicted molar refractivity (Wildman–Crippen MR) is 175 cm³/mol. The Kier molecular flexibility index (Phi) is 6.55. The van der Waals surface area contributed by atoms with Crippen molar-refractivity contribution in [2.75, 3.05) is 9.80 Å². The molecule has 0 bridgehead atoms. The Bertz CT molecular complexity index is 2040. The van der Waals surface area contributed by atoms with Crippen molar-refractivity contribution in [1.82, 2.24) is 0 Å². The number of amides is 4. The number of hydrogen-bond acceptors (Lipinski definition) is 7. The van der Waals surface area contributed by atoms with Crippen LogP contribution in [-0.2, 0) is 19.2 Å². The van der Waals surface area contributed by atoms with E-state index in [2.05, 4.69) is 0 Å². The number of rotatable bonds is 4. The van der Waals surface area contributed by atoms with Gasteiger partial charge in [-0.15, -0.1) is 0 Å². The van der Waals surface area contributed by atoms with Crippen molar-refractivity contribution in [1.29, 1.82) is 0 Å². The summed E-state index contributed by atoms with van der Waals surface area (Å²) >= 11 is 0. The summed E-state index contributed by atoms with van der Waals surface area (Å²) in [6, 6.07) is 25.7. The average molecular weight is 626 g/mol. The molecule has 10 heteroatoms. The van der Waals surface area contributed by atoms with E-state index in [1.807, 2.05) is 49.4 Å². The average Bonchev–Trinajstić information content (AvgIpc) is 3.45. The van der Waals surface area contributed by atoms with Crippen LogP contribution in [0.5, 0.6) is 5.75 Å². The van der Waals surface area contributed by atoms with Crippen molar-refractivity contribution in [3.05, 3.63) is 108 Å². The quantitative estimate of drug-likeness (QED) is 0.179. The molecule has 8 rings (SSSR count). The van der Waals surface area contributed by atoms with Gasteiger partial charge in [-0.2, -0.15) is 0 Å². The largest absolute Gasteiger partial charge is 0.507 e. The molecule has 0 radical (unpaired) electrons. The second-order valence-electron chi connectivity index (χ2n) is 13.2. The third-order valence-corrected chi connectivity index (χ3v) is 11.0. The number of fused-ring (bicyclic) bond motifs is 5. The number of benzene rings is 4. The second-order valence-corrected chi connectivity index (χ2v) is 13.2.